The topological polar surface area (TPSA) is 78.8 Å². The number of amides is 1. The summed E-state index contributed by atoms with van der Waals surface area (Å²) in [5.41, 5.74) is 4.53. The van der Waals surface area contributed by atoms with Crippen molar-refractivity contribution in [2.24, 2.45) is 5.10 Å². The Morgan fingerprint density at radius 2 is 1.79 bits per heavy atom. The molecular formula is C21H26ClN3O3S. The summed E-state index contributed by atoms with van der Waals surface area (Å²) in [4.78, 5) is 12.3. The molecule has 6 nitrogen and oxygen atoms in total. The first-order valence-corrected chi connectivity index (χ1v) is 11.3. The van der Waals surface area contributed by atoms with Crippen LogP contribution in [0.1, 0.15) is 32.8 Å². The van der Waals surface area contributed by atoms with Crippen molar-refractivity contribution in [2.45, 2.75) is 32.6 Å². The van der Waals surface area contributed by atoms with Gasteiger partial charge in [0.2, 0.25) is 10.0 Å². The van der Waals surface area contributed by atoms with Crippen molar-refractivity contribution in [3.63, 3.8) is 0 Å². The van der Waals surface area contributed by atoms with Gasteiger partial charge in [-0.1, -0.05) is 61.8 Å². The fourth-order valence-electron chi connectivity index (χ4n) is 3.03. The number of hydrogen-bond acceptors (Lipinski definition) is 4. The Kier molecular flexibility index (Phi) is 7.43. The van der Waals surface area contributed by atoms with Gasteiger partial charge in [0.15, 0.2) is 0 Å². The normalized spacial score (nSPS) is 12.5. The fraction of sp³-hybridized carbons (Fsp3) is 0.333. The number of carbonyl (C=O) groups is 1. The number of halogens is 1. The first kappa shape index (κ1) is 22.9. The molecule has 0 aliphatic carbocycles. The number of benzene rings is 2. The second kappa shape index (κ2) is 9.41. The van der Waals surface area contributed by atoms with Crippen molar-refractivity contribution in [3.8, 4) is 0 Å². The van der Waals surface area contributed by atoms with E-state index in [1.165, 1.54) is 11.6 Å². The van der Waals surface area contributed by atoms with E-state index in [-0.39, 0.29) is 5.41 Å². The summed E-state index contributed by atoms with van der Waals surface area (Å²) >= 11 is 5.95. The maximum Gasteiger partial charge on any atom is 0.260 e. The zero-order chi connectivity index (χ0) is 21.7. The van der Waals surface area contributed by atoms with Crippen molar-refractivity contribution in [2.75, 3.05) is 17.1 Å². The molecule has 0 radical (unpaired) electrons. The molecule has 0 fully saturated rings. The molecule has 0 unspecified atom stereocenters. The van der Waals surface area contributed by atoms with Crippen LogP contribution in [0.2, 0.25) is 5.02 Å². The molecule has 2 aromatic carbocycles. The van der Waals surface area contributed by atoms with Crippen LogP contribution < -0.4 is 9.73 Å². The van der Waals surface area contributed by atoms with E-state index in [2.05, 4.69) is 36.5 Å². The first-order valence-electron chi connectivity index (χ1n) is 9.10. The van der Waals surface area contributed by atoms with Gasteiger partial charge in [-0.25, -0.2) is 13.8 Å². The molecule has 0 heterocycles. The molecule has 1 amide bonds. The van der Waals surface area contributed by atoms with E-state index in [1.807, 2.05) is 25.1 Å². The summed E-state index contributed by atoms with van der Waals surface area (Å²) in [7, 11) is -3.67. The molecule has 29 heavy (non-hydrogen) atoms. The minimum absolute atomic E-state index is 0.154. The van der Waals surface area contributed by atoms with E-state index in [0.717, 1.165) is 16.3 Å². The number of rotatable bonds is 8. The van der Waals surface area contributed by atoms with Crippen molar-refractivity contribution >= 4 is 38.9 Å². The molecule has 1 N–H and O–H groups in total. The molecule has 156 valence electrons. The highest BCUT2D eigenvalue weighted by Gasteiger charge is 2.23. The number of hydrogen-bond donors (Lipinski definition) is 1. The van der Waals surface area contributed by atoms with E-state index in [0.29, 0.717) is 17.1 Å². The number of nitrogens with one attached hydrogen (secondary N) is 1. The lowest BCUT2D eigenvalue weighted by molar-refractivity contribution is -0.119. The van der Waals surface area contributed by atoms with Crippen LogP contribution in [0.15, 0.2) is 59.7 Å². The van der Waals surface area contributed by atoms with Crippen LogP contribution in [0.5, 0.6) is 0 Å². The Hall–Kier alpha value is -2.38. The highest BCUT2D eigenvalue weighted by atomic mass is 35.5. The minimum Gasteiger partial charge on any atom is -0.271 e. The smallest absolute Gasteiger partial charge is 0.260 e. The van der Waals surface area contributed by atoms with Gasteiger partial charge in [-0.05, 0) is 42.5 Å². The van der Waals surface area contributed by atoms with Gasteiger partial charge in [0, 0.05) is 10.7 Å². The van der Waals surface area contributed by atoms with Crippen LogP contribution in [0.25, 0.3) is 0 Å². The van der Waals surface area contributed by atoms with Gasteiger partial charge >= 0.3 is 0 Å². The van der Waals surface area contributed by atoms with Crippen LogP contribution in [-0.2, 0) is 20.2 Å². The van der Waals surface area contributed by atoms with Gasteiger partial charge in [0.05, 0.1) is 11.9 Å². The summed E-state index contributed by atoms with van der Waals surface area (Å²) in [6, 6.07) is 16.4. The third kappa shape index (κ3) is 6.87. The summed E-state index contributed by atoms with van der Waals surface area (Å²) in [6.07, 6.45) is 1.68. The van der Waals surface area contributed by atoms with Crippen LogP contribution in [0.4, 0.5) is 5.69 Å². The summed E-state index contributed by atoms with van der Waals surface area (Å²) in [5, 5.41) is 4.53. The zero-order valence-corrected chi connectivity index (χ0v) is 18.6. The van der Waals surface area contributed by atoms with Crippen LogP contribution in [0, 0.1) is 0 Å². The molecule has 0 aliphatic heterocycles. The third-order valence-corrected chi connectivity index (χ3v) is 5.78. The Labute approximate surface area is 177 Å². The second-order valence-corrected chi connectivity index (χ2v) is 9.90. The van der Waals surface area contributed by atoms with Crippen molar-refractivity contribution in [1.29, 1.82) is 0 Å². The van der Waals surface area contributed by atoms with E-state index < -0.39 is 22.5 Å². The fourth-order valence-corrected chi connectivity index (χ4v) is 4.06. The van der Waals surface area contributed by atoms with Crippen molar-refractivity contribution in [3.05, 3.63) is 65.2 Å². The Morgan fingerprint density at radius 3 is 2.38 bits per heavy atom. The van der Waals surface area contributed by atoms with Crippen LogP contribution in [0.3, 0.4) is 0 Å². The molecule has 0 saturated heterocycles. The van der Waals surface area contributed by atoms with Gasteiger partial charge in [-0.3, -0.25) is 9.10 Å². The van der Waals surface area contributed by atoms with Gasteiger partial charge in [-0.2, -0.15) is 5.10 Å². The number of carbonyl (C=O) groups excluding carboxylic acids is 1. The van der Waals surface area contributed by atoms with Crippen LogP contribution >= 0.6 is 11.6 Å². The Bertz CT molecular complexity index is 989. The average Bonchev–Trinajstić information content (AvgIpc) is 2.64. The largest absolute Gasteiger partial charge is 0.271 e. The Morgan fingerprint density at radius 1 is 1.14 bits per heavy atom. The minimum atomic E-state index is -3.67. The lowest BCUT2D eigenvalue weighted by atomic mass is 9.80. The van der Waals surface area contributed by atoms with Gasteiger partial charge in [0.25, 0.3) is 5.91 Å². The lowest BCUT2D eigenvalue weighted by Gasteiger charge is -2.25. The molecule has 0 bridgehead atoms. The molecule has 0 atom stereocenters. The lowest BCUT2D eigenvalue weighted by Crippen LogP contribution is -2.39. The molecule has 0 aliphatic rings. The van der Waals surface area contributed by atoms with Crippen molar-refractivity contribution < 1.29 is 13.2 Å². The molecule has 0 spiro atoms. The molecular weight excluding hydrogens is 410 g/mol. The van der Waals surface area contributed by atoms with E-state index in [1.54, 1.807) is 18.2 Å². The summed E-state index contributed by atoms with van der Waals surface area (Å²) < 4.78 is 25.2. The van der Waals surface area contributed by atoms with E-state index in [9.17, 15) is 13.2 Å². The van der Waals surface area contributed by atoms with Crippen LogP contribution in [-0.4, -0.2) is 32.8 Å². The van der Waals surface area contributed by atoms with E-state index >= 15 is 0 Å². The standard InChI is InChI=1S/C21H26ClN3O3S/c1-16(14-21(2,3)17-9-6-5-7-10-17)23-24-20(26)15-25(29(4,27)28)19-12-8-11-18(22)13-19/h5-13H,14-15H2,1-4H3,(H,24,26)/b23-16-. The molecule has 2 aromatic rings. The molecule has 2 rings (SSSR count). The SMILES string of the molecule is C/C(CC(C)(C)c1ccccc1)=N/NC(=O)CN(c1cccc(Cl)c1)S(C)(=O)=O. The van der Waals surface area contributed by atoms with Gasteiger partial charge in [-0.15, -0.1) is 0 Å². The Balaban J connectivity index is 2.06. The van der Waals surface area contributed by atoms with Crippen molar-refractivity contribution in [1.82, 2.24) is 5.43 Å². The molecule has 0 saturated carbocycles. The molecule has 8 heteroatoms. The molecule has 0 aromatic heterocycles. The second-order valence-electron chi connectivity index (χ2n) is 7.56. The maximum absolute atomic E-state index is 12.3. The quantitative estimate of drug-likeness (QED) is 0.503. The highest BCUT2D eigenvalue weighted by Crippen LogP contribution is 2.27. The number of hydrazone groups is 1. The summed E-state index contributed by atoms with van der Waals surface area (Å²) in [6.45, 7) is 5.65. The summed E-state index contributed by atoms with van der Waals surface area (Å²) in [5.74, 6) is -0.535. The zero-order valence-electron chi connectivity index (χ0n) is 17.0. The highest BCUT2D eigenvalue weighted by molar-refractivity contribution is 7.92. The predicted molar refractivity (Wildman–Crippen MR) is 119 cm³/mol. The third-order valence-electron chi connectivity index (χ3n) is 4.41. The predicted octanol–water partition coefficient (Wildman–Crippen LogP) is 3.97. The monoisotopic (exact) mass is 435 g/mol. The van der Waals surface area contributed by atoms with Gasteiger partial charge in [0.1, 0.15) is 6.54 Å². The number of nitrogens with zero attached hydrogens (tertiary/aromatic N) is 2. The first-order chi connectivity index (χ1) is 13.5. The number of sulfonamides is 1. The average molecular weight is 436 g/mol. The van der Waals surface area contributed by atoms with Gasteiger partial charge < -0.3 is 0 Å². The van der Waals surface area contributed by atoms with E-state index in [4.69, 9.17) is 11.6 Å². The maximum atomic E-state index is 12.3. The number of anilines is 1.